The number of hydroxylamine groups is 2. The van der Waals surface area contributed by atoms with Gasteiger partial charge in [-0.05, 0) is 43.3 Å². The van der Waals surface area contributed by atoms with Crippen LogP contribution in [-0.2, 0) is 9.57 Å². The van der Waals surface area contributed by atoms with Crippen LogP contribution in [0.15, 0.2) is 36.4 Å². The predicted molar refractivity (Wildman–Crippen MR) is 133 cm³/mol. The van der Waals surface area contributed by atoms with Crippen LogP contribution in [0.2, 0.25) is 0 Å². The number of piperazine rings is 1. The van der Waals surface area contributed by atoms with E-state index >= 15 is 0 Å². The Bertz CT molecular complexity index is 1140. The second-order valence-corrected chi connectivity index (χ2v) is 9.02. The lowest BCUT2D eigenvalue weighted by Gasteiger charge is -2.37. The molecule has 2 saturated heterocycles. The highest BCUT2D eigenvalue weighted by Crippen LogP contribution is 2.27. The number of amides is 1. The molecule has 192 valence electrons. The van der Waals surface area contributed by atoms with Crippen molar-refractivity contribution in [2.24, 2.45) is 0 Å². The van der Waals surface area contributed by atoms with Gasteiger partial charge in [-0.1, -0.05) is 0 Å². The summed E-state index contributed by atoms with van der Waals surface area (Å²) >= 11 is 0. The zero-order chi connectivity index (χ0) is 25.8. The van der Waals surface area contributed by atoms with Gasteiger partial charge in [-0.2, -0.15) is 0 Å². The van der Waals surface area contributed by atoms with Gasteiger partial charge in [-0.3, -0.25) is 9.59 Å². The van der Waals surface area contributed by atoms with Gasteiger partial charge in [0, 0.05) is 64.6 Å². The van der Waals surface area contributed by atoms with Crippen molar-refractivity contribution in [3.05, 3.63) is 58.9 Å². The van der Waals surface area contributed by atoms with Crippen LogP contribution in [-0.4, -0.2) is 94.2 Å². The molecule has 2 aliphatic heterocycles. The standard InChI is InChI=1S/C26H31FN4O5/c1-18(32)19-4-7-24(22(27)17-19)29-8-10-31(11-9-29)25(33)21-16-20(26(34)36-28(2)3)5-6-23(21)30-12-14-35-15-13-30/h4-7,16-17H,8-15H2,1-3H3. The molecular formula is C26H31FN4O5. The van der Waals surface area contributed by atoms with Crippen LogP contribution in [0.25, 0.3) is 0 Å². The lowest BCUT2D eigenvalue weighted by Crippen LogP contribution is -2.49. The van der Waals surface area contributed by atoms with Crippen molar-refractivity contribution < 1.29 is 28.3 Å². The van der Waals surface area contributed by atoms with Crippen molar-refractivity contribution in [3.8, 4) is 0 Å². The lowest BCUT2D eigenvalue weighted by atomic mass is 10.0. The molecular weight excluding hydrogens is 467 g/mol. The number of benzene rings is 2. The minimum absolute atomic E-state index is 0.191. The summed E-state index contributed by atoms with van der Waals surface area (Å²) in [6.07, 6.45) is 0. The van der Waals surface area contributed by atoms with E-state index < -0.39 is 11.8 Å². The maximum atomic E-state index is 14.6. The number of rotatable bonds is 6. The second kappa shape index (κ2) is 11.0. The Balaban J connectivity index is 1.53. The molecule has 2 aliphatic rings. The van der Waals surface area contributed by atoms with Crippen molar-refractivity contribution in [3.63, 3.8) is 0 Å². The summed E-state index contributed by atoms with van der Waals surface area (Å²) < 4.78 is 20.1. The van der Waals surface area contributed by atoms with Gasteiger partial charge in [-0.25, -0.2) is 9.18 Å². The van der Waals surface area contributed by atoms with Crippen LogP contribution in [0.4, 0.5) is 15.8 Å². The molecule has 1 amide bonds. The highest BCUT2D eigenvalue weighted by Gasteiger charge is 2.28. The van der Waals surface area contributed by atoms with E-state index in [9.17, 15) is 18.8 Å². The Morgan fingerprint density at radius 2 is 1.47 bits per heavy atom. The van der Waals surface area contributed by atoms with Crippen molar-refractivity contribution in [1.29, 1.82) is 0 Å². The Labute approximate surface area is 209 Å². The SMILES string of the molecule is CC(=O)c1ccc(N2CCN(C(=O)c3cc(C(=O)ON(C)C)ccc3N3CCOCC3)CC2)c(F)c1. The highest BCUT2D eigenvalue weighted by atomic mass is 19.1. The molecule has 9 nitrogen and oxygen atoms in total. The topological polar surface area (TPSA) is 82.6 Å². The highest BCUT2D eigenvalue weighted by molar-refractivity contribution is 6.03. The number of hydrogen-bond acceptors (Lipinski definition) is 8. The third kappa shape index (κ3) is 5.66. The number of anilines is 2. The molecule has 0 aromatic heterocycles. The molecule has 2 fully saturated rings. The van der Waals surface area contributed by atoms with Crippen LogP contribution < -0.4 is 9.80 Å². The summed E-state index contributed by atoms with van der Waals surface area (Å²) in [5.74, 6) is -1.38. The number of carbonyl (C=O) groups excluding carboxylic acids is 3. The fourth-order valence-electron chi connectivity index (χ4n) is 4.44. The first-order valence-corrected chi connectivity index (χ1v) is 12.0. The average molecular weight is 499 g/mol. The maximum absolute atomic E-state index is 14.6. The van der Waals surface area contributed by atoms with Gasteiger partial charge < -0.3 is 24.3 Å². The van der Waals surface area contributed by atoms with E-state index in [0.717, 1.165) is 5.69 Å². The normalized spacial score (nSPS) is 16.3. The molecule has 0 bridgehead atoms. The summed E-state index contributed by atoms with van der Waals surface area (Å²) in [6, 6.07) is 9.52. The Hall–Kier alpha value is -3.50. The molecule has 0 spiro atoms. The van der Waals surface area contributed by atoms with E-state index in [2.05, 4.69) is 4.90 Å². The van der Waals surface area contributed by atoms with Crippen LogP contribution >= 0.6 is 0 Å². The van der Waals surface area contributed by atoms with Crippen LogP contribution in [0.3, 0.4) is 0 Å². The molecule has 2 aromatic rings. The quantitative estimate of drug-likeness (QED) is 0.444. The van der Waals surface area contributed by atoms with Crippen molar-refractivity contribution in [2.45, 2.75) is 6.92 Å². The number of ketones is 1. The fraction of sp³-hybridized carbons (Fsp3) is 0.423. The van der Waals surface area contributed by atoms with Gasteiger partial charge in [0.2, 0.25) is 0 Å². The Kier molecular flexibility index (Phi) is 7.85. The van der Waals surface area contributed by atoms with E-state index in [0.29, 0.717) is 69.3 Å². The number of ether oxygens (including phenoxy) is 1. The number of carbonyl (C=O) groups is 3. The van der Waals surface area contributed by atoms with Crippen LogP contribution in [0.1, 0.15) is 38.0 Å². The molecule has 0 N–H and O–H groups in total. The lowest BCUT2D eigenvalue weighted by molar-refractivity contribution is -0.0713. The average Bonchev–Trinajstić information content (AvgIpc) is 2.88. The van der Waals surface area contributed by atoms with Crippen molar-refractivity contribution in [1.82, 2.24) is 9.96 Å². The molecule has 0 atom stereocenters. The molecule has 2 aromatic carbocycles. The molecule has 0 aliphatic carbocycles. The minimum Gasteiger partial charge on any atom is -0.378 e. The number of morpholine rings is 1. The largest absolute Gasteiger partial charge is 0.378 e. The first-order valence-electron chi connectivity index (χ1n) is 12.0. The van der Waals surface area contributed by atoms with Gasteiger partial charge in [-0.15, -0.1) is 5.06 Å². The monoisotopic (exact) mass is 498 g/mol. The molecule has 2 heterocycles. The number of Topliss-reactive ketones (excluding diaryl/α,β-unsaturated/α-hetero) is 1. The zero-order valence-corrected chi connectivity index (χ0v) is 20.8. The predicted octanol–water partition coefficient (Wildman–Crippen LogP) is 2.46. The first kappa shape index (κ1) is 25.6. The van der Waals surface area contributed by atoms with E-state index in [-0.39, 0.29) is 17.3 Å². The Morgan fingerprint density at radius 3 is 2.08 bits per heavy atom. The van der Waals surface area contributed by atoms with Gasteiger partial charge in [0.15, 0.2) is 5.78 Å². The van der Waals surface area contributed by atoms with E-state index in [1.165, 1.54) is 18.1 Å². The van der Waals surface area contributed by atoms with Gasteiger partial charge in [0.25, 0.3) is 5.91 Å². The summed E-state index contributed by atoms with van der Waals surface area (Å²) in [5.41, 5.74) is 2.20. The van der Waals surface area contributed by atoms with Gasteiger partial charge >= 0.3 is 5.97 Å². The first-order chi connectivity index (χ1) is 17.2. The number of halogens is 1. The molecule has 4 rings (SSSR count). The van der Waals surface area contributed by atoms with E-state index in [1.54, 1.807) is 49.3 Å². The van der Waals surface area contributed by atoms with E-state index in [4.69, 9.17) is 9.57 Å². The fourth-order valence-corrected chi connectivity index (χ4v) is 4.44. The second-order valence-electron chi connectivity index (χ2n) is 9.02. The van der Waals surface area contributed by atoms with Crippen LogP contribution in [0, 0.1) is 5.82 Å². The molecule has 0 unspecified atom stereocenters. The van der Waals surface area contributed by atoms with E-state index in [1.807, 2.05) is 4.90 Å². The number of nitrogens with zero attached hydrogens (tertiary/aromatic N) is 4. The van der Waals surface area contributed by atoms with Crippen LogP contribution in [0.5, 0.6) is 0 Å². The smallest absolute Gasteiger partial charge is 0.357 e. The summed E-state index contributed by atoms with van der Waals surface area (Å²) in [5, 5.41) is 1.31. The molecule has 0 radical (unpaired) electrons. The third-order valence-corrected chi connectivity index (χ3v) is 6.34. The van der Waals surface area contributed by atoms with Crippen molar-refractivity contribution >= 4 is 29.0 Å². The summed E-state index contributed by atoms with van der Waals surface area (Å²) in [6.45, 7) is 5.47. The molecule has 10 heteroatoms. The summed E-state index contributed by atoms with van der Waals surface area (Å²) in [7, 11) is 3.23. The van der Waals surface area contributed by atoms with Gasteiger partial charge in [0.05, 0.1) is 30.0 Å². The number of hydrogen-bond donors (Lipinski definition) is 0. The van der Waals surface area contributed by atoms with Gasteiger partial charge in [0.1, 0.15) is 5.82 Å². The molecule has 36 heavy (non-hydrogen) atoms. The van der Waals surface area contributed by atoms with Crippen molar-refractivity contribution in [2.75, 3.05) is 76.4 Å². The zero-order valence-electron chi connectivity index (χ0n) is 20.8. The third-order valence-electron chi connectivity index (χ3n) is 6.34. The summed E-state index contributed by atoms with van der Waals surface area (Å²) in [4.78, 5) is 48.6. The maximum Gasteiger partial charge on any atom is 0.357 e. The Morgan fingerprint density at radius 1 is 0.861 bits per heavy atom. The molecule has 0 saturated carbocycles. The minimum atomic E-state index is -0.545.